The average molecular weight is 196 g/mol. The molecule has 0 bridgehead atoms. The first-order valence-electron chi connectivity index (χ1n) is 5.51. The molecule has 0 aliphatic rings. The van der Waals surface area contributed by atoms with Gasteiger partial charge in [0.2, 0.25) is 0 Å². The van der Waals surface area contributed by atoms with Gasteiger partial charge in [-0.25, -0.2) is 0 Å². The maximum atomic E-state index is 6.03. The first-order chi connectivity index (χ1) is 6.60. The Morgan fingerprint density at radius 3 is 2.50 bits per heavy atom. The first-order valence-corrected chi connectivity index (χ1v) is 5.51. The molecule has 0 aromatic carbocycles. The number of rotatable bonds is 7. The molecule has 0 heterocycles. The Morgan fingerprint density at radius 2 is 2.07 bits per heavy atom. The summed E-state index contributed by atoms with van der Waals surface area (Å²) < 4.78 is 0. The van der Waals surface area contributed by atoms with Gasteiger partial charge in [0.05, 0.1) is 6.54 Å². The molecule has 0 radical (unpaired) electrons. The van der Waals surface area contributed by atoms with Crippen LogP contribution in [0.3, 0.4) is 0 Å². The average Bonchev–Trinajstić information content (AvgIpc) is 2.03. The lowest BCUT2D eigenvalue weighted by atomic mass is 10.0. The molecule has 14 heavy (non-hydrogen) atoms. The molecule has 0 spiro atoms. The van der Waals surface area contributed by atoms with E-state index >= 15 is 0 Å². The van der Waals surface area contributed by atoms with Gasteiger partial charge in [-0.1, -0.05) is 26.7 Å². The summed E-state index contributed by atoms with van der Waals surface area (Å²) in [6, 6.07) is 0.259. The summed E-state index contributed by atoms with van der Waals surface area (Å²) in [5.74, 6) is 3.35. The van der Waals surface area contributed by atoms with Crippen molar-refractivity contribution in [2.45, 2.75) is 39.7 Å². The summed E-state index contributed by atoms with van der Waals surface area (Å²) >= 11 is 0. The number of terminal acetylenes is 1. The summed E-state index contributed by atoms with van der Waals surface area (Å²) in [7, 11) is 0. The molecule has 82 valence electrons. The fourth-order valence-corrected chi connectivity index (χ4v) is 1.69. The molecule has 0 saturated heterocycles. The zero-order valence-electron chi connectivity index (χ0n) is 9.79. The van der Waals surface area contributed by atoms with Crippen LogP contribution in [-0.2, 0) is 0 Å². The van der Waals surface area contributed by atoms with Crippen LogP contribution in [0, 0.1) is 18.3 Å². The number of hydrogen-bond acceptors (Lipinski definition) is 2. The van der Waals surface area contributed by atoms with Gasteiger partial charge in [-0.05, 0) is 25.3 Å². The van der Waals surface area contributed by atoms with Gasteiger partial charge in [0.1, 0.15) is 0 Å². The van der Waals surface area contributed by atoms with E-state index in [1.54, 1.807) is 0 Å². The largest absolute Gasteiger partial charge is 0.327 e. The molecule has 0 rings (SSSR count). The second-order valence-corrected chi connectivity index (χ2v) is 4.33. The molecule has 0 fully saturated rings. The minimum absolute atomic E-state index is 0.259. The van der Waals surface area contributed by atoms with Crippen LogP contribution in [0.25, 0.3) is 0 Å². The van der Waals surface area contributed by atoms with Crippen LogP contribution in [-0.4, -0.2) is 30.6 Å². The lowest BCUT2D eigenvalue weighted by Crippen LogP contribution is -2.38. The van der Waals surface area contributed by atoms with Crippen molar-refractivity contribution >= 4 is 0 Å². The van der Waals surface area contributed by atoms with E-state index in [1.807, 2.05) is 0 Å². The van der Waals surface area contributed by atoms with Gasteiger partial charge in [-0.15, -0.1) is 6.42 Å². The minimum atomic E-state index is 0.259. The quantitative estimate of drug-likeness (QED) is 0.628. The number of hydrogen-bond donors (Lipinski definition) is 1. The normalized spacial score (nSPS) is 13.2. The third-order valence-corrected chi connectivity index (χ3v) is 2.12. The molecule has 0 aromatic rings. The molecule has 2 nitrogen and oxygen atoms in total. The second kappa shape index (κ2) is 7.84. The van der Waals surface area contributed by atoms with Crippen LogP contribution in [0.5, 0.6) is 0 Å². The molecule has 2 heteroatoms. The highest BCUT2D eigenvalue weighted by Crippen LogP contribution is 2.04. The molecule has 2 N–H and O–H groups in total. The van der Waals surface area contributed by atoms with Gasteiger partial charge in [0, 0.05) is 12.6 Å². The molecule has 0 aromatic heterocycles. The highest BCUT2D eigenvalue weighted by Gasteiger charge is 2.10. The van der Waals surface area contributed by atoms with E-state index in [1.165, 1.54) is 0 Å². The third kappa shape index (κ3) is 6.94. The van der Waals surface area contributed by atoms with Gasteiger partial charge in [-0.3, -0.25) is 4.90 Å². The molecular formula is C12H24N2. The molecular weight excluding hydrogens is 172 g/mol. The predicted molar refractivity (Wildman–Crippen MR) is 63.0 cm³/mol. The van der Waals surface area contributed by atoms with Crippen molar-refractivity contribution in [3.8, 4) is 12.3 Å². The third-order valence-electron chi connectivity index (χ3n) is 2.12. The summed E-state index contributed by atoms with van der Waals surface area (Å²) in [5.41, 5.74) is 6.03. The second-order valence-electron chi connectivity index (χ2n) is 4.33. The summed E-state index contributed by atoms with van der Waals surface area (Å²) in [4.78, 5) is 2.26. The maximum Gasteiger partial charge on any atom is 0.0599 e. The standard InChI is InChI=1S/C12H24N2/c1-5-7-14(8-6-2)10-12(13)9-11(3)4/h1,11-12H,6-10,13H2,2-4H3. The smallest absolute Gasteiger partial charge is 0.0599 e. The molecule has 0 saturated carbocycles. The van der Waals surface area contributed by atoms with E-state index in [-0.39, 0.29) is 6.04 Å². The Morgan fingerprint density at radius 1 is 1.43 bits per heavy atom. The maximum absolute atomic E-state index is 6.03. The van der Waals surface area contributed by atoms with Crippen molar-refractivity contribution in [2.75, 3.05) is 19.6 Å². The Balaban J connectivity index is 3.83. The van der Waals surface area contributed by atoms with E-state index in [0.29, 0.717) is 5.92 Å². The van der Waals surface area contributed by atoms with Crippen molar-refractivity contribution in [1.82, 2.24) is 4.90 Å². The van der Waals surface area contributed by atoms with Crippen LogP contribution in [0.2, 0.25) is 0 Å². The molecule has 0 aliphatic carbocycles. The highest BCUT2D eigenvalue weighted by atomic mass is 15.1. The van der Waals surface area contributed by atoms with Gasteiger partial charge >= 0.3 is 0 Å². The van der Waals surface area contributed by atoms with E-state index in [4.69, 9.17) is 12.2 Å². The number of nitrogens with two attached hydrogens (primary N) is 1. The van der Waals surface area contributed by atoms with Crippen LogP contribution >= 0.6 is 0 Å². The van der Waals surface area contributed by atoms with Crippen LogP contribution in [0.15, 0.2) is 0 Å². The summed E-state index contributed by atoms with van der Waals surface area (Å²) in [6.07, 6.45) is 7.51. The van der Waals surface area contributed by atoms with Crippen molar-refractivity contribution < 1.29 is 0 Å². The van der Waals surface area contributed by atoms with Gasteiger partial charge in [0.15, 0.2) is 0 Å². The van der Waals surface area contributed by atoms with E-state index in [2.05, 4.69) is 31.6 Å². The SMILES string of the molecule is C#CCN(CCC)CC(N)CC(C)C. The molecule has 0 amide bonds. The number of nitrogens with zero attached hydrogens (tertiary/aromatic N) is 1. The summed E-state index contributed by atoms with van der Waals surface area (Å²) in [6.45, 7) is 9.26. The minimum Gasteiger partial charge on any atom is -0.327 e. The molecule has 1 atom stereocenters. The van der Waals surface area contributed by atoms with Crippen molar-refractivity contribution in [1.29, 1.82) is 0 Å². The van der Waals surface area contributed by atoms with Gasteiger partial charge in [0.25, 0.3) is 0 Å². The molecule has 1 unspecified atom stereocenters. The lowest BCUT2D eigenvalue weighted by Gasteiger charge is -2.24. The van der Waals surface area contributed by atoms with Crippen molar-refractivity contribution in [3.05, 3.63) is 0 Å². The van der Waals surface area contributed by atoms with E-state index in [0.717, 1.165) is 32.5 Å². The zero-order chi connectivity index (χ0) is 11.0. The zero-order valence-corrected chi connectivity index (χ0v) is 9.79. The van der Waals surface area contributed by atoms with Gasteiger partial charge < -0.3 is 5.73 Å². The first kappa shape index (κ1) is 13.5. The highest BCUT2D eigenvalue weighted by molar-refractivity contribution is 4.89. The Labute approximate surface area is 88.9 Å². The summed E-state index contributed by atoms with van der Waals surface area (Å²) in [5, 5.41) is 0. The topological polar surface area (TPSA) is 29.3 Å². The Kier molecular flexibility index (Phi) is 7.55. The van der Waals surface area contributed by atoms with Crippen molar-refractivity contribution in [3.63, 3.8) is 0 Å². The fourth-order valence-electron chi connectivity index (χ4n) is 1.69. The van der Waals surface area contributed by atoms with Crippen LogP contribution in [0.4, 0.5) is 0 Å². The van der Waals surface area contributed by atoms with Crippen molar-refractivity contribution in [2.24, 2.45) is 11.7 Å². The molecule has 0 aliphatic heterocycles. The van der Waals surface area contributed by atoms with Crippen LogP contribution < -0.4 is 5.73 Å². The fraction of sp³-hybridized carbons (Fsp3) is 0.833. The lowest BCUT2D eigenvalue weighted by molar-refractivity contribution is 0.273. The Hall–Kier alpha value is -0.520. The van der Waals surface area contributed by atoms with E-state index < -0.39 is 0 Å². The predicted octanol–water partition coefficient (Wildman–Crippen LogP) is 1.70. The van der Waals surface area contributed by atoms with Crippen LogP contribution in [0.1, 0.15) is 33.6 Å². The van der Waals surface area contributed by atoms with E-state index in [9.17, 15) is 0 Å². The Bertz CT molecular complexity index is 170. The monoisotopic (exact) mass is 196 g/mol. The van der Waals surface area contributed by atoms with Gasteiger partial charge in [-0.2, -0.15) is 0 Å².